The van der Waals surface area contributed by atoms with Gasteiger partial charge >= 0.3 is 0 Å². The summed E-state index contributed by atoms with van der Waals surface area (Å²) in [6.45, 7) is 0. The first-order valence-electron chi connectivity index (χ1n) is 4.76. The SMILES string of the molecule is Brc1ccc(-c2nnc3ncccn23)cc1. The van der Waals surface area contributed by atoms with E-state index in [0.29, 0.717) is 5.78 Å². The molecule has 0 bridgehead atoms. The fraction of sp³-hybridized carbons (Fsp3) is 0. The van der Waals surface area contributed by atoms with Crippen LogP contribution in [-0.4, -0.2) is 19.6 Å². The van der Waals surface area contributed by atoms with Crippen LogP contribution < -0.4 is 0 Å². The van der Waals surface area contributed by atoms with Crippen molar-refractivity contribution in [1.82, 2.24) is 19.6 Å². The maximum Gasteiger partial charge on any atom is 0.255 e. The van der Waals surface area contributed by atoms with E-state index in [-0.39, 0.29) is 0 Å². The Kier molecular flexibility index (Phi) is 2.18. The minimum Gasteiger partial charge on any atom is -0.266 e. The fourth-order valence-corrected chi connectivity index (χ4v) is 1.80. The maximum absolute atomic E-state index is 4.13. The Hall–Kier alpha value is -1.75. The van der Waals surface area contributed by atoms with Crippen molar-refractivity contribution in [1.29, 1.82) is 0 Å². The highest BCUT2D eigenvalue weighted by atomic mass is 79.9. The van der Waals surface area contributed by atoms with Crippen molar-refractivity contribution < 1.29 is 0 Å². The van der Waals surface area contributed by atoms with Gasteiger partial charge in [-0.2, -0.15) is 0 Å². The van der Waals surface area contributed by atoms with Crippen molar-refractivity contribution >= 4 is 21.7 Å². The van der Waals surface area contributed by atoms with Gasteiger partial charge in [0.15, 0.2) is 5.82 Å². The van der Waals surface area contributed by atoms with Crippen LogP contribution in [0.5, 0.6) is 0 Å². The first-order chi connectivity index (χ1) is 7.84. The molecule has 78 valence electrons. The second-order valence-corrected chi connectivity index (χ2v) is 4.24. The highest BCUT2D eigenvalue weighted by Gasteiger charge is 2.07. The summed E-state index contributed by atoms with van der Waals surface area (Å²) in [4.78, 5) is 4.13. The summed E-state index contributed by atoms with van der Waals surface area (Å²) in [6, 6.07) is 9.80. The zero-order valence-corrected chi connectivity index (χ0v) is 9.79. The minimum absolute atomic E-state index is 0.611. The molecule has 2 heterocycles. The van der Waals surface area contributed by atoms with Crippen molar-refractivity contribution in [3.05, 3.63) is 47.2 Å². The molecule has 4 nitrogen and oxygen atoms in total. The normalized spacial score (nSPS) is 10.8. The van der Waals surface area contributed by atoms with Gasteiger partial charge < -0.3 is 0 Å². The van der Waals surface area contributed by atoms with Crippen molar-refractivity contribution in [2.24, 2.45) is 0 Å². The molecule has 0 fully saturated rings. The predicted molar refractivity (Wildman–Crippen MR) is 63.9 cm³/mol. The number of aromatic nitrogens is 4. The van der Waals surface area contributed by atoms with Crippen LogP contribution in [0.25, 0.3) is 17.2 Å². The molecule has 0 N–H and O–H groups in total. The summed E-state index contributed by atoms with van der Waals surface area (Å²) in [5.74, 6) is 1.41. The van der Waals surface area contributed by atoms with E-state index in [9.17, 15) is 0 Å². The van der Waals surface area contributed by atoms with Crippen LogP contribution in [0.2, 0.25) is 0 Å². The molecule has 0 aliphatic rings. The Bertz CT molecular complexity index is 630. The Morgan fingerprint density at radius 1 is 1.06 bits per heavy atom. The van der Waals surface area contributed by atoms with E-state index in [2.05, 4.69) is 31.1 Å². The molecule has 0 saturated carbocycles. The molecular weight excluding hydrogens is 268 g/mol. The smallest absolute Gasteiger partial charge is 0.255 e. The summed E-state index contributed by atoms with van der Waals surface area (Å²) >= 11 is 3.40. The molecule has 0 aliphatic carbocycles. The number of nitrogens with zero attached hydrogens (tertiary/aromatic N) is 4. The van der Waals surface area contributed by atoms with Gasteiger partial charge in [0.25, 0.3) is 5.78 Å². The number of halogens is 1. The van der Waals surface area contributed by atoms with Crippen LogP contribution in [-0.2, 0) is 0 Å². The molecule has 0 atom stereocenters. The van der Waals surface area contributed by atoms with Crippen LogP contribution in [0.1, 0.15) is 0 Å². The predicted octanol–water partition coefficient (Wildman–Crippen LogP) is 2.55. The lowest BCUT2D eigenvalue weighted by molar-refractivity contribution is 1.10. The molecule has 3 aromatic rings. The number of hydrogen-bond acceptors (Lipinski definition) is 3. The van der Waals surface area contributed by atoms with Gasteiger partial charge in [-0.25, -0.2) is 4.98 Å². The molecule has 0 amide bonds. The number of rotatable bonds is 1. The summed E-state index contributed by atoms with van der Waals surface area (Å²) in [7, 11) is 0. The summed E-state index contributed by atoms with van der Waals surface area (Å²) in [6.07, 6.45) is 3.61. The van der Waals surface area contributed by atoms with Gasteiger partial charge in [-0.3, -0.25) is 4.40 Å². The second-order valence-electron chi connectivity index (χ2n) is 3.32. The van der Waals surface area contributed by atoms with E-state index >= 15 is 0 Å². The van der Waals surface area contributed by atoms with Gasteiger partial charge in [-0.15, -0.1) is 10.2 Å². The number of fused-ring (bicyclic) bond motifs is 1. The van der Waals surface area contributed by atoms with Crippen LogP contribution in [0.3, 0.4) is 0 Å². The molecule has 0 aliphatic heterocycles. The largest absolute Gasteiger partial charge is 0.266 e. The summed E-state index contributed by atoms with van der Waals surface area (Å²) in [5, 5.41) is 8.14. The average Bonchev–Trinajstić information content (AvgIpc) is 2.74. The molecule has 1 aromatic carbocycles. The molecule has 0 unspecified atom stereocenters. The van der Waals surface area contributed by atoms with E-state index < -0.39 is 0 Å². The molecule has 0 spiro atoms. The van der Waals surface area contributed by atoms with Crippen molar-refractivity contribution in [3.8, 4) is 11.4 Å². The molecule has 2 aromatic heterocycles. The first kappa shape index (κ1) is 9.47. The molecular formula is C11H7BrN4. The highest BCUT2D eigenvalue weighted by Crippen LogP contribution is 2.19. The van der Waals surface area contributed by atoms with E-state index in [0.717, 1.165) is 15.9 Å². The lowest BCUT2D eigenvalue weighted by atomic mass is 10.2. The topological polar surface area (TPSA) is 43.1 Å². The van der Waals surface area contributed by atoms with Crippen molar-refractivity contribution in [2.75, 3.05) is 0 Å². The van der Waals surface area contributed by atoms with Crippen LogP contribution in [0.15, 0.2) is 47.2 Å². The molecule has 3 rings (SSSR count). The van der Waals surface area contributed by atoms with Gasteiger partial charge in [0, 0.05) is 22.4 Å². The fourth-order valence-electron chi connectivity index (χ4n) is 1.54. The lowest BCUT2D eigenvalue weighted by Gasteiger charge is -1.98. The van der Waals surface area contributed by atoms with E-state index in [1.807, 2.05) is 40.9 Å². The number of benzene rings is 1. The third-order valence-corrected chi connectivity index (χ3v) is 2.82. The maximum atomic E-state index is 4.13. The Morgan fingerprint density at radius 3 is 2.69 bits per heavy atom. The first-order valence-corrected chi connectivity index (χ1v) is 5.55. The Labute approximate surface area is 100 Å². The Balaban J connectivity index is 2.22. The molecule has 0 saturated heterocycles. The van der Waals surface area contributed by atoms with E-state index in [4.69, 9.17) is 0 Å². The minimum atomic E-state index is 0.611. The van der Waals surface area contributed by atoms with E-state index in [1.54, 1.807) is 6.20 Å². The van der Waals surface area contributed by atoms with Gasteiger partial charge in [-0.05, 0) is 18.2 Å². The summed E-state index contributed by atoms with van der Waals surface area (Å²) in [5.41, 5.74) is 1.02. The van der Waals surface area contributed by atoms with Gasteiger partial charge in [0.2, 0.25) is 0 Å². The van der Waals surface area contributed by atoms with Crippen LogP contribution in [0.4, 0.5) is 0 Å². The molecule has 5 heteroatoms. The van der Waals surface area contributed by atoms with Crippen LogP contribution in [0, 0.1) is 0 Å². The zero-order chi connectivity index (χ0) is 11.0. The van der Waals surface area contributed by atoms with E-state index in [1.165, 1.54) is 0 Å². The summed E-state index contributed by atoms with van der Waals surface area (Å²) < 4.78 is 2.91. The van der Waals surface area contributed by atoms with Crippen molar-refractivity contribution in [2.45, 2.75) is 0 Å². The third kappa shape index (κ3) is 1.49. The molecule has 0 radical (unpaired) electrons. The van der Waals surface area contributed by atoms with Crippen molar-refractivity contribution in [3.63, 3.8) is 0 Å². The lowest BCUT2D eigenvalue weighted by Crippen LogP contribution is -1.89. The standard InChI is InChI=1S/C11H7BrN4/c12-9-4-2-8(3-5-9)10-14-15-11-13-6-1-7-16(10)11/h1-7H. The average molecular weight is 275 g/mol. The van der Waals surface area contributed by atoms with Crippen LogP contribution >= 0.6 is 15.9 Å². The second kappa shape index (κ2) is 3.68. The van der Waals surface area contributed by atoms with Gasteiger partial charge in [-0.1, -0.05) is 28.1 Å². The highest BCUT2D eigenvalue weighted by molar-refractivity contribution is 9.10. The monoisotopic (exact) mass is 274 g/mol. The zero-order valence-electron chi connectivity index (χ0n) is 8.21. The quantitative estimate of drug-likeness (QED) is 0.685. The van der Waals surface area contributed by atoms with Gasteiger partial charge in [0.05, 0.1) is 0 Å². The Morgan fingerprint density at radius 2 is 1.88 bits per heavy atom. The number of hydrogen-bond donors (Lipinski definition) is 0. The van der Waals surface area contributed by atoms with Gasteiger partial charge in [0.1, 0.15) is 0 Å². The molecule has 16 heavy (non-hydrogen) atoms. The third-order valence-electron chi connectivity index (χ3n) is 2.29.